The minimum absolute atomic E-state index is 0.0893. The molecule has 0 heterocycles. The van der Waals surface area contributed by atoms with Crippen LogP contribution in [0.1, 0.15) is 49.1 Å². The highest BCUT2D eigenvalue weighted by Gasteiger charge is 2.27. The fourth-order valence-corrected chi connectivity index (χ4v) is 7.83. The number of rotatable bonds is 6. The Balaban J connectivity index is 2.07. The molecule has 1 aliphatic carbocycles. The van der Waals surface area contributed by atoms with Gasteiger partial charge in [0, 0.05) is 8.95 Å². The third-order valence-corrected chi connectivity index (χ3v) is 8.87. The lowest BCUT2D eigenvalue weighted by atomic mass is 9.84. The van der Waals surface area contributed by atoms with Crippen molar-refractivity contribution in [3.8, 4) is 5.75 Å². The molecule has 2 aromatic rings. The maximum atomic E-state index is 13.4. The van der Waals surface area contributed by atoms with Crippen molar-refractivity contribution in [2.24, 2.45) is 0 Å². The average molecular weight is 546 g/mol. The Labute approximate surface area is 187 Å². The maximum absolute atomic E-state index is 13.4. The van der Waals surface area contributed by atoms with Gasteiger partial charge in [0.05, 0.1) is 18.4 Å². The van der Waals surface area contributed by atoms with E-state index in [9.17, 15) is 13.2 Å². The van der Waals surface area contributed by atoms with Crippen molar-refractivity contribution in [3.63, 3.8) is 0 Å². The van der Waals surface area contributed by atoms with Gasteiger partial charge in [-0.3, -0.25) is 4.79 Å². The van der Waals surface area contributed by atoms with E-state index >= 15 is 0 Å². The second kappa shape index (κ2) is 9.18. The molecule has 0 aromatic heterocycles. The molecule has 2 aromatic carbocycles. The first-order valence-corrected chi connectivity index (χ1v) is 12.4. The van der Waals surface area contributed by atoms with Crippen LogP contribution in [-0.2, 0) is 21.1 Å². The Bertz CT molecular complexity index is 1000. The van der Waals surface area contributed by atoms with Crippen LogP contribution in [0.2, 0.25) is 0 Å². The van der Waals surface area contributed by atoms with E-state index in [1.165, 1.54) is 18.6 Å². The summed E-state index contributed by atoms with van der Waals surface area (Å²) in [6, 6.07) is 8.09. The van der Waals surface area contributed by atoms with Crippen LogP contribution in [0.15, 0.2) is 49.1 Å². The largest absolute Gasteiger partial charge is 0.496 e. The molecule has 1 fully saturated rings. The lowest BCUT2D eigenvalue weighted by Gasteiger charge is -2.24. The number of methoxy groups -OCH3 is 1. The number of carboxylic acids is 1. The molecule has 5 nitrogen and oxygen atoms in total. The lowest BCUT2D eigenvalue weighted by Crippen LogP contribution is -2.10. The summed E-state index contributed by atoms with van der Waals surface area (Å²) in [5.74, 6) is 0.0242. The predicted octanol–water partition coefficient (Wildman–Crippen LogP) is 5.73. The van der Waals surface area contributed by atoms with Crippen molar-refractivity contribution in [3.05, 3.63) is 50.4 Å². The lowest BCUT2D eigenvalue weighted by molar-refractivity contribution is -0.136. The molecule has 0 amide bonds. The Morgan fingerprint density at radius 2 is 1.72 bits per heavy atom. The molecule has 1 saturated carbocycles. The van der Waals surface area contributed by atoms with E-state index in [2.05, 4.69) is 31.9 Å². The molecule has 0 aliphatic heterocycles. The molecule has 0 spiro atoms. The number of hydrogen-bond acceptors (Lipinski definition) is 4. The Kier molecular flexibility index (Phi) is 7.06. The van der Waals surface area contributed by atoms with Crippen molar-refractivity contribution in [2.75, 3.05) is 7.11 Å². The number of sulfone groups is 1. The summed E-state index contributed by atoms with van der Waals surface area (Å²) < 4.78 is 33.0. The van der Waals surface area contributed by atoms with Crippen LogP contribution in [0.25, 0.3) is 0 Å². The van der Waals surface area contributed by atoms with Crippen LogP contribution in [0.4, 0.5) is 0 Å². The SMILES string of the molecule is COc1ccc(S(=O)(=O)c2c(Br)cc(CC(=O)O)cc2Br)cc1C1CCCCC1. The van der Waals surface area contributed by atoms with Crippen LogP contribution < -0.4 is 4.74 Å². The maximum Gasteiger partial charge on any atom is 0.307 e. The Morgan fingerprint density at radius 3 is 2.28 bits per heavy atom. The Hall–Kier alpha value is -1.38. The number of benzene rings is 2. The normalized spacial score (nSPS) is 15.3. The summed E-state index contributed by atoms with van der Waals surface area (Å²) in [6.07, 6.45) is 5.33. The molecule has 0 radical (unpaired) electrons. The fraction of sp³-hybridized carbons (Fsp3) is 0.381. The van der Waals surface area contributed by atoms with Crippen molar-refractivity contribution in [1.29, 1.82) is 0 Å². The van der Waals surface area contributed by atoms with Crippen LogP contribution in [0, 0.1) is 0 Å². The Morgan fingerprint density at radius 1 is 1.10 bits per heavy atom. The van der Waals surface area contributed by atoms with Gasteiger partial charge in [-0.1, -0.05) is 19.3 Å². The van der Waals surface area contributed by atoms with Gasteiger partial charge in [0.15, 0.2) is 0 Å². The first-order valence-electron chi connectivity index (χ1n) is 9.36. The van der Waals surface area contributed by atoms with Crippen molar-refractivity contribution < 1.29 is 23.1 Å². The van der Waals surface area contributed by atoms with E-state index in [1.807, 2.05) is 0 Å². The molecule has 3 rings (SSSR count). The molecule has 0 bridgehead atoms. The van der Waals surface area contributed by atoms with Gasteiger partial charge in [0.1, 0.15) is 10.6 Å². The topological polar surface area (TPSA) is 80.7 Å². The molecule has 1 aliphatic rings. The molecule has 156 valence electrons. The molecule has 0 unspecified atom stereocenters. The minimum Gasteiger partial charge on any atom is -0.496 e. The highest BCUT2D eigenvalue weighted by Crippen LogP contribution is 2.41. The number of aliphatic carboxylic acids is 1. The van der Waals surface area contributed by atoms with E-state index in [0.717, 1.165) is 31.2 Å². The zero-order valence-corrected chi connectivity index (χ0v) is 19.9. The van der Waals surface area contributed by atoms with E-state index in [1.54, 1.807) is 25.3 Å². The van der Waals surface area contributed by atoms with Gasteiger partial charge in [-0.25, -0.2) is 8.42 Å². The fourth-order valence-electron chi connectivity index (χ4n) is 3.88. The van der Waals surface area contributed by atoms with Gasteiger partial charge in [0.25, 0.3) is 0 Å². The van der Waals surface area contributed by atoms with E-state index in [4.69, 9.17) is 9.84 Å². The van der Waals surface area contributed by atoms with Gasteiger partial charge in [-0.2, -0.15) is 0 Å². The number of ether oxygens (including phenoxy) is 1. The van der Waals surface area contributed by atoms with Gasteiger partial charge < -0.3 is 9.84 Å². The van der Waals surface area contributed by atoms with Crippen molar-refractivity contribution in [2.45, 2.75) is 54.2 Å². The van der Waals surface area contributed by atoms with E-state index < -0.39 is 15.8 Å². The summed E-state index contributed by atoms with van der Waals surface area (Å²) in [7, 11) is -2.23. The second-order valence-electron chi connectivity index (χ2n) is 7.20. The molecule has 0 atom stereocenters. The van der Waals surface area contributed by atoms with Crippen LogP contribution in [-0.4, -0.2) is 26.6 Å². The average Bonchev–Trinajstić information content (AvgIpc) is 2.66. The first kappa shape index (κ1) is 22.3. The molecular formula is C21H22Br2O5S. The standard InChI is InChI=1S/C21H22Br2O5S/c1-28-19-8-7-15(12-16(19)14-5-3-2-4-6-14)29(26,27)21-17(22)9-13(10-18(21)23)11-20(24)25/h7-10,12,14H,2-6,11H2,1H3,(H,24,25). The summed E-state index contributed by atoms with van der Waals surface area (Å²) in [5.41, 5.74) is 1.44. The number of halogens is 2. The zero-order chi connectivity index (χ0) is 21.2. The highest BCUT2D eigenvalue weighted by atomic mass is 79.9. The molecular weight excluding hydrogens is 524 g/mol. The number of carboxylic acid groups (broad SMARTS) is 1. The quantitative estimate of drug-likeness (QED) is 0.501. The van der Waals surface area contributed by atoms with Gasteiger partial charge in [-0.15, -0.1) is 0 Å². The molecule has 29 heavy (non-hydrogen) atoms. The molecule has 8 heteroatoms. The van der Waals surface area contributed by atoms with Gasteiger partial charge >= 0.3 is 5.97 Å². The monoisotopic (exact) mass is 544 g/mol. The summed E-state index contributed by atoms with van der Waals surface area (Å²) >= 11 is 6.63. The molecule has 1 N–H and O–H groups in total. The van der Waals surface area contributed by atoms with Gasteiger partial charge in [0.2, 0.25) is 9.84 Å². The van der Waals surface area contributed by atoms with Crippen molar-refractivity contribution in [1.82, 2.24) is 0 Å². The van der Waals surface area contributed by atoms with Crippen LogP contribution in [0.5, 0.6) is 5.75 Å². The predicted molar refractivity (Wildman–Crippen MR) is 117 cm³/mol. The van der Waals surface area contributed by atoms with Gasteiger partial charge in [-0.05, 0) is 92.1 Å². The smallest absolute Gasteiger partial charge is 0.307 e. The third kappa shape index (κ3) is 4.86. The third-order valence-electron chi connectivity index (χ3n) is 5.24. The summed E-state index contributed by atoms with van der Waals surface area (Å²) in [5, 5.41) is 9.00. The second-order valence-corrected chi connectivity index (χ2v) is 10.8. The minimum atomic E-state index is -3.83. The van der Waals surface area contributed by atoms with E-state index in [0.29, 0.717) is 26.2 Å². The van der Waals surface area contributed by atoms with Crippen molar-refractivity contribution >= 4 is 47.7 Å². The summed E-state index contributed by atoms with van der Waals surface area (Å²) in [6.45, 7) is 0. The first-order chi connectivity index (χ1) is 13.7. The number of hydrogen-bond donors (Lipinski definition) is 1. The summed E-state index contributed by atoms with van der Waals surface area (Å²) in [4.78, 5) is 11.3. The molecule has 0 saturated heterocycles. The van der Waals surface area contributed by atoms with Crippen LogP contribution >= 0.6 is 31.9 Å². The van der Waals surface area contributed by atoms with Crippen LogP contribution in [0.3, 0.4) is 0 Å². The zero-order valence-electron chi connectivity index (χ0n) is 16.0. The van der Waals surface area contributed by atoms with E-state index in [-0.39, 0.29) is 16.2 Å². The number of carbonyl (C=O) groups is 1. The highest BCUT2D eigenvalue weighted by molar-refractivity contribution is 9.11.